The molecule has 0 aromatic heterocycles. The first-order valence-electron chi connectivity index (χ1n) is 11.1. The maximum atomic E-state index is 13.1. The lowest BCUT2D eigenvalue weighted by Crippen LogP contribution is -2.59. The minimum atomic E-state index is -1.35. The van der Waals surface area contributed by atoms with E-state index in [1.165, 1.54) is 28.5 Å². The molecule has 5 atom stereocenters. The smallest absolute Gasteiger partial charge is 0.243 e. The molecule has 0 aromatic carbocycles. The van der Waals surface area contributed by atoms with Crippen molar-refractivity contribution in [1.29, 1.82) is 0 Å². The highest BCUT2D eigenvalue weighted by atomic mass is 33.1. The van der Waals surface area contributed by atoms with Crippen LogP contribution in [0.1, 0.15) is 47.5 Å². The Bertz CT molecular complexity index is 716. The molecule has 0 aliphatic carbocycles. The first-order chi connectivity index (χ1) is 15.4. The molecule has 1 aliphatic rings. The number of rotatable bonds is 6. The number of hydrogen-bond donors (Lipinski definition) is 5. The van der Waals surface area contributed by atoms with Gasteiger partial charge in [-0.2, -0.15) is 0 Å². The molecule has 5 N–H and O–H groups in total. The van der Waals surface area contributed by atoms with Gasteiger partial charge in [0.2, 0.25) is 17.7 Å². The molecular weight excluding hydrogens is 466 g/mol. The molecule has 0 spiro atoms. The van der Waals surface area contributed by atoms with Gasteiger partial charge < -0.3 is 26.2 Å². The van der Waals surface area contributed by atoms with E-state index in [-0.39, 0.29) is 24.0 Å². The number of hydrogen-bond acceptors (Lipinski definition) is 8. The van der Waals surface area contributed by atoms with Crippen LogP contribution in [0.4, 0.5) is 0 Å². The summed E-state index contributed by atoms with van der Waals surface area (Å²) in [6.07, 6.45) is 1.58. The predicted octanol–water partition coefficient (Wildman–Crippen LogP) is 0.795. The molecule has 3 amide bonds. The van der Waals surface area contributed by atoms with Crippen LogP contribution in [0.15, 0.2) is 12.2 Å². The maximum Gasteiger partial charge on any atom is 0.243 e. The molecule has 1 rings (SSSR count). The number of Topliss-reactive ketones (excluding diaryl/α,β-unsaturated/α-hetero) is 1. The summed E-state index contributed by atoms with van der Waals surface area (Å²) in [5, 5.41) is 28.3. The second kappa shape index (κ2) is 14.6. The number of nitrogens with one attached hydrogen (secondary N) is 3. The Labute approximate surface area is 203 Å². The van der Waals surface area contributed by atoms with Crippen LogP contribution in [-0.2, 0) is 19.2 Å². The number of allylic oxidation sites excluding steroid dienone is 1. The van der Waals surface area contributed by atoms with Gasteiger partial charge in [-0.3, -0.25) is 19.2 Å². The zero-order valence-corrected chi connectivity index (χ0v) is 21.5. The van der Waals surface area contributed by atoms with E-state index in [1.54, 1.807) is 39.8 Å². The normalized spacial score (nSPS) is 26.4. The van der Waals surface area contributed by atoms with E-state index in [4.69, 9.17) is 0 Å². The zero-order chi connectivity index (χ0) is 25.1. The minimum absolute atomic E-state index is 0.169. The summed E-state index contributed by atoms with van der Waals surface area (Å²) in [7, 11) is 2.93. The molecule has 0 aromatic rings. The predicted molar refractivity (Wildman–Crippen MR) is 131 cm³/mol. The van der Waals surface area contributed by atoms with Crippen LogP contribution in [0.2, 0.25) is 0 Å². The van der Waals surface area contributed by atoms with Crippen LogP contribution in [0.5, 0.6) is 0 Å². The molecule has 0 radical (unpaired) electrons. The largest absolute Gasteiger partial charge is 0.389 e. The first-order valence-corrected chi connectivity index (χ1v) is 13.6. The van der Waals surface area contributed by atoms with Crippen molar-refractivity contribution in [2.24, 2.45) is 11.8 Å². The summed E-state index contributed by atoms with van der Waals surface area (Å²) < 4.78 is 0. The second-order valence-electron chi connectivity index (χ2n) is 8.78. The Balaban J connectivity index is 3.08. The molecule has 33 heavy (non-hydrogen) atoms. The van der Waals surface area contributed by atoms with Crippen molar-refractivity contribution in [3.05, 3.63) is 12.2 Å². The highest BCUT2D eigenvalue weighted by Gasteiger charge is 2.33. The number of carbonyl (C=O) groups excluding carboxylic acids is 4. The van der Waals surface area contributed by atoms with E-state index in [2.05, 4.69) is 16.0 Å². The number of aliphatic hydroxyl groups excluding tert-OH is 2. The summed E-state index contributed by atoms with van der Waals surface area (Å²) in [6.45, 7) is 8.36. The number of carbonyl (C=O) groups is 4. The highest BCUT2D eigenvalue weighted by Crippen LogP contribution is 2.23. The van der Waals surface area contributed by atoms with Gasteiger partial charge in [0.05, 0.1) is 18.6 Å². The number of ketones is 1. The molecule has 0 saturated heterocycles. The Morgan fingerprint density at radius 2 is 1.82 bits per heavy atom. The van der Waals surface area contributed by atoms with Crippen molar-refractivity contribution in [1.82, 2.24) is 16.0 Å². The molecular formula is C22H37N3O6S2. The van der Waals surface area contributed by atoms with Crippen LogP contribution in [-0.4, -0.2) is 75.6 Å². The van der Waals surface area contributed by atoms with Crippen LogP contribution in [0.3, 0.4) is 0 Å². The second-order valence-corrected chi connectivity index (χ2v) is 11.4. The highest BCUT2D eigenvalue weighted by molar-refractivity contribution is 8.76. The van der Waals surface area contributed by atoms with E-state index in [0.29, 0.717) is 12.2 Å². The van der Waals surface area contributed by atoms with Gasteiger partial charge in [-0.25, -0.2) is 0 Å². The van der Waals surface area contributed by atoms with E-state index in [9.17, 15) is 29.4 Å². The Kier molecular flexibility index (Phi) is 13.1. The van der Waals surface area contributed by atoms with E-state index >= 15 is 0 Å². The Morgan fingerprint density at radius 1 is 1.15 bits per heavy atom. The summed E-state index contributed by atoms with van der Waals surface area (Å²) in [5.74, 6) is -1.45. The van der Waals surface area contributed by atoms with Gasteiger partial charge in [-0.15, -0.1) is 0 Å². The Hall–Kier alpha value is -1.56. The van der Waals surface area contributed by atoms with E-state index in [1.807, 2.05) is 0 Å². The molecule has 0 fully saturated rings. The fraction of sp³-hybridized carbons (Fsp3) is 0.727. The zero-order valence-electron chi connectivity index (χ0n) is 19.9. The quantitative estimate of drug-likeness (QED) is 0.264. The van der Waals surface area contributed by atoms with Gasteiger partial charge in [0.25, 0.3) is 0 Å². The molecule has 9 nitrogen and oxygen atoms in total. The third-order valence-corrected chi connectivity index (χ3v) is 7.57. The van der Waals surface area contributed by atoms with Crippen LogP contribution in [0.25, 0.3) is 0 Å². The van der Waals surface area contributed by atoms with Crippen LogP contribution in [0, 0.1) is 11.8 Å². The van der Waals surface area contributed by atoms with Crippen molar-refractivity contribution in [2.45, 2.75) is 77.8 Å². The minimum Gasteiger partial charge on any atom is -0.389 e. The summed E-state index contributed by atoms with van der Waals surface area (Å²) in [5.41, 5.74) is 0. The van der Waals surface area contributed by atoms with E-state index < -0.39 is 53.8 Å². The lowest BCUT2D eigenvalue weighted by molar-refractivity contribution is -0.134. The molecule has 0 bridgehead atoms. The summed E-state index contributed by atoms with van der Waals surface area (Å²) >= 11 is 0. The van der Waals surface area contributed by atoms with Crippen molar-refractivity contribution in [2.75, 3.05) is 11.5 Å². The first kappa shape index (κ1) is 29.5. The molecule has 188 valence electrons. The monoisotopic (exact) mass is 503 g/mol. The van der Waals surface area contributed by atoms with Gasteiger partial charge in [-0.05, 0) is 25.2 Å². The SMILES string of the molecule is CC(=O)C(O)C(NC(=O)C1CSSCC/C=C/C(O)CC(=O)NC(C(C)C)C(=O)N1)C(C)C. The van der Waals surface area contributed by atoms with E-state index in [0.717, 1.165) is 0 Å². The van der Waals surface area contributed by atoms with Crippen molar-refractivity contribution < 1.29 is 29.4 Å². The molecule has 1 aliphatic heterocycles. The van der Waals surface area contributed by atoms with Crippen molar-refractivity contribution in [3.63, 3.8) is 0 Å². The van der Waals surface area contributed by atoms with Crippen LogP contribution >= 0.6 is 21.6 Å². The fourth-order valence-corrected chi connectivity index (χ4v) is 5.30. The maximum absolute atomic E-state index is 13.1. The molecule has 11 heteroatoms. The van der Waals surface area contributed by atoms with Gasteiger partial charge in [0, 0.05) is 11.5 Å². The van der Waals surface area contributed by atoms with Gasteiger partial charge in [0.15, 0.2) is 5.78 Å². The van der Waals surface area contributed by atoms with Crippen molar-refractivity contribution >= 4 is 45.1 Å². The fourth-order valence-electron chi connectivity index (χ4n) is 3.14. The lowest BCUT2D eigenvalue weighted by atomic mass is 9.96. The lowest BCUT2D eigenvalue weighted by Gasteiger charge is -2.29. The topological polar surface area (TPSA) is 145 Å². The summed E-state index contributed by atoms with van der Waals surface area (Å²) in [6, 6.07) is -2.62. The number of aliphatic hydroxyl groups is 2. The van der Waals surface area contributed by atoms with Crippen LogP contribution < -0.4 is 16.0 Å². The van der Waals surface area contributed by atoms with Gasteiger partial charge in [-0.1, -0.05) is 61.4 Å². The summed E-state index contributed by atoms with van der Waals surface area (Å²) in [4.78, 5) is 50.1. The standard InChI is InChI=1S/C22H37N3O6S2/c1-12(2)18(20(29)14(5)26)25-21(30)16-11-33-32-9-7-6-8-15(27)10-17(28)24-19(13(3)4)22(31)23-16/h6,8,12-13,15-16,18-20,27,29H,7,9-11H2,1-5H3,(H,23,31)(H,24,28)(H,25,30)/b8-6+. The molecule has 0 saturated carbocycles. The molecule has 5 unspecified atom stereocenters. The van der Waals surface area contributed by atoms with Gasteiger partial charge >= 0.3 is 0 Å². The molecule has 1 heterocycles. The third kappa shape index (κ3) is 10.5. The Morgan fingerprint density at radius 3 is 2.39 bits per heavy atom. The average Bonchev–Trinajstić information content (AvgIpc) is 2.72. The van der Waals surface area contributed by atoms with Crippen molar-refractivity contribution in [3.8, 4) is 0 Å². The third-order valence-electron chi connectivity index (χ3n) is 5.12. The average molecular weight is 504 g/mol. The van der Waals surface area contributed by atoms with Gasteiger partial charge in [0.1, 0.15) is 18.2 Å². The number of amides is 3.